The minimum atomic E-state index is 0.307. The van der Waals surface area contributed by atoms with Gasteiger partial charge in [0.25, 0.3) is 0 Å². The van der Waals surface area contributed by atoms with Crippen LogP contribution in [0.3, 0.4) is 0 Å². The van der Waals surface area contributed by atoms with Gasteiger partial charge in [0.2, 0.25) is 0 Å². The van der Waals surface area contributed by atoms with E-state index in [0.29, 0.717) is 6.04 Å². The molecule has 3 heteroatoms. The molecule has 0 amide bonds. The van der Waals surface area contributed by atoms with E-state index in [1.807, 2.05) is 25.3 Å². The summed E-state index contributed by atoms with van der Waals surface area (Å²) in [5.41, 5.74) is 0. The van der Waals surface area contributed by atoms with Gasteiger partial charge >= 0.3 is 0 Å². The number of hydrogen-bond donors (Lipinski definition) is 1. The third kappa shape index (κ3) is 3.31. The Balaban J connectivity index is 2.49. The molecule has 1 atom stereocenters. The summed E-state index contributed by atoms with van der Waals surface area (Å²) in [6.45, 7) is 3.71. The summed E-state index contributed by atoms with van der Waals surface area (Å²) in [5.74, 6) is 0.989. The zero-order chi connectivity index (χ0) is 10.4. The summed E-state index contributed by atoms with van der Waals surface area (Å²) in [7, 11) is 1.95. The summed E-state index contributed by atoms with van der Waals surface area (Å²) in [5, 5.41) is 3.24. The highest BCUT2D eigenvalue weighted by Gasteiger charge is 2.12. The number of nitrogens with one attached hydrogen (secondary N) is 1. The van der Waals surface area contributed by atoms with Gasteiger partial charge in [0.1, 0.15) is 5.76 Å². The van der Waals surface area contributed by atoms with Crippen molar-refractivity contribution < 1.29 is 4.42 Å². The first-order valence-corrected chi connectivity index (χ1v) is 5.60. The van der Waals surface area contributed by atoms with E-state index in [1.165, 1.54) is 0 Å². The molecule has 2 nitrogen and oxygen atoms in total. The molecule has 14 heavy (non-hydrogen) atoms. The summed E-state index contributed by atoms with van der Waals surface area (Å²) >= 11 is 3.30. The largest absolute Gasteiger partial charge is 0.453 e. The standard InChI is InChI=1S/C11H16BrNO/c1-3-4-5-6-9(13-2)10-7-8-11(12)14-10/h3,7-9,13H,1,4-6H2,2H3. The maximum Gasteiger partial charge on any atom is 0.169 e. The first kappa shape index (κ1) is 11.5. The predicted molar refractivity (Wildman–Crippen MR) is 62.3 cm³/mol. The van der Waals surface area contributed by atoms with E-state index in [-0.39, 0.29) is 0 Å². The van der Waals surface area contributed by atoms with Crippen LogP contribution in [-0.2, 0) is 0 Å². The van der Waals surface area contributed by atoms with Crippen molar-refractivity contribution in [2.24, 2.45) is 0 Å². The molecule has 0 saturated heterocycles. The zero-order valence-electron chi connectivity index (χ0n) is 8.42. The van der Waals surface area contributed by atoms with Crippen LogP contribution >= 0.6 is 15.9 Å². The maximum absolute atomic E-state index is 5.50. The molecule has 78 valence electrons. The fraction of sp³-hybridized carbons (Fsp3) is 0.455. The van der Waals surface area contributed by atoms with Gasteiger partial charge in [0, 0.05) is 0 Å². The fourth-order valence-electron chi connectivity index (χ4n) is 1.41. The molecule has 0 spiro atoms. The monoisotopic (exact) mass is 257 g/mol. The molecule has 1 unspecified atom stereocenters. The van der Waals surface area contributed by atoms with Crippen molar-refractivity contribution in [1.82, 2.24) is 5.32 Å². The van der Waals surface area contributed by atoms with Crippen molar-refractivity contribution in [2.45, 2.75) is 25.3 Å². The van der Waals surface area contributed by atoms with Gasteiger partial charge in [-0.2, -0.15) is 0 Å². The van der Waals surface area contributed by atoms with E-state index in [2.05, 4.69) is 27.8 Å². The van der Waals surface area contributed by atoms with Crippen LogP contribution in [-0.4, -0.2) is 7.05 Å². The normalized spacial score (nSPS) is 12.7. The van der Waals surface area contributed by atoms with Crippen molar-refractivity contribution >= 4 is 15.9 Å². The Labute approximate surface area is 93.5 Å². The van der Waals surface area contributed by atoms with Crippen LogP contribution in [0.4, 0.5) is 0 Å². The highest BCUT2D eigenvalue weighted by molar-refractivity contribution is 9.10. The van der Waals surface area contributed by atoms with E-state index in [1.54, 1.807) is 0 Å². The van der Waals surface area contributed by atoms with Crippen molar-refractivity contribution in [3.05, 3.63) is 35.2 Å². The number of halogens is 1. The van der Waals surface area contributed by atoms with Gasteiger partial charge in [-0.3, -0.25) is 0 Å². The van der Waals surface area contributed by atoms with E-state index in [0.717, 1.165) is 29.7 Å². The lowest BCUT2D eigenvalue weighted by molar-refractivity contribution is 0.398. The maximum atomic E-state index is 5.50. The third-order valence-corrected chi connectivity index (χ3v) is 2.61. The first-order valence-electron chi connectivity index (χ1n) is 4.81. The molecule has 1 heterocycles. The quantitative estimate of drug-likeness (QED) is 0.622. The Morgan fingerprint density at radius 1 is 1.64 bits per heavy atom. The molecule has 0 aliphatic heterocycles. The fourth-order valence-corrected chi connectivity index (χ4v) is 1.73. The Morgan fingerprint density at radius 2 is 2.43 bits per heavy atom. The number of allylic oxidation sites excluding steroid dienone is 1. The second-order valence-electron chi connectivity index (χ2n) is 3.20. The molecule has 0 fully saturated rings. The second-order valence-corrected chi connectivity index (χ2v) is 3.98. The lowest BCUT2D eigenvalue weighted by Crippen LogP contribution is -2.15. The first-order chi connectivity index (χ1) is 6.77. The topological polar surface area (TPSA) is 25.2 Å². The van der Waals surface area contributed by atoms with Crippen molar-refractivity contribution in [2.75, 3.05) is 7.05 Å². The van der Waals surface area contributed by atoms with Crippen LogP contribution in [0, 0.1) is 0 Å². The molecule has 0 aliphatic carbocycles. The number of furan rings is 1. The summed E-state index contributed by atoms with van der Waals surface area (Å²) < 4.78 is 6.28. The molecule has 0 aromatic carbocycles. The SMILES string of the molecule is C=CCCCC(NC)c1ccc(Br)o1. The van der Waals surface area contributed by atoms with Crippen LogP contribution in [0.25, 0.3) is 0 Å². The van der Waals surface area contributed by atoms with E-state index in [4.69, 9.17) is 4.42 Å². The molecule has 0 radical (unpaired) electrons. The molecular formula is C11H16BrNO. The molecule has 1 rings (SSSR count). The van der Waals surface area contributed by atoms with Crippen LogP contribution in [0.15, 0.2) is 33.9 Å². The van der Waals surface area contributed by atoms with Gasteiger partial charge in [0.15, 0.2) is 4.67 Å². The molecule has 0 aliphatic rings. The van der Waals surface area contributed by atoms with Gasteiger partial charge in [0.05, 0.1) is 6.04 Å². The average Bonchev–Trinajstić information content (AvgIpc) is 2.60. The molecule has 1 N–H and O–H groups in total. The smallest absolute Gasteiger partial charge is 0.169 e. The van der Waals surface area contributed by atoms with Gasteiger partial charge in [-0.25, -0.2) is 0 Å². The number of hydrogen-bond acceptors (Lipinski definition) is 2. The minimum absolute atomic E-state index is 0.307. The van der Waals surface area contributed by atoms with Gasteiger partial charge in [-0.15, -0.1) is 6.58 Å². The van der Waals surface area contributed by atoms with Gasteiger partial charge in [-0.05, 0) is 54.4 Å². The van der Waals surface area contributed by atoms with Gasteiger partial charge in [-0.1, -0.05) is 6.08 Å². The van der Waals surface area contributed by atoms with Crippen LogP contribution in [0.2, 0.25) is 0 Å². The van der Waals surface area contributed by atoms with E-state index < -0.39 is 0 Å². The van der Waals surface area contributed by atoms with Crippen LogP contribution in [0.5, 0.6) is 0 Å². The molecule has 1 aromatic heterocycles. The van der Waals surface area contributed by atoms with Gasteiger partial charge < -0.3 is 9.73 Å². The summed E-state index contributed by atoms with van der Waals surface area (Å²) in [6, 6.07) is 4.23. The highest BCUT2D eigenvalue weighted by atomic mass is 79.9. The van der Waals surface area contributed by atoms with Crippen LogP contribution < -0.4 is 5.32 Å². The van der Waals surface area contributed by atoms with E-state index in [9.17, 15) is 0 Å². The Kier molecular flexibility index (Phi) is 4.98. The highest BCUT2D eigenvalue weighted by Crippen LogP contribution is 2.23. The minimum Gasteiger partial charge on any atom is -0.453 e. The average molecular weight is 258 g/mol. The third-order valence-electron chi connectivity index (χ3n) is 2.19. The molecule has 0 bridgehead atoms. The lowest BCUT2D eigenvalue weighted by Gasteiger charge is -2.12. The van der Waals surface area contributed by atoms with Crippen molar-refractivity contribution in [3.8, 4) is 0 Å². The number of rotatable bonds is 6. The Bertz CT molecular complexity index is 283. The van der Waals surface area contributed by atoms with Crippen LogP contribution in [0.1, 0.15) is 31.1 Å². The second kappa shape index (κ2) is 6.04. The lowest BCUT2D eigenvalue weighted by atomic mass is 10.1. The predicted octanol–water partition coefficient (Wildman–Crippen LogP) is 3.66. The zero-order valence-corrected chi connectivity index (χ0v) is 10.0. The molecular weight excluding hydrogens is 242 g/mol. The Morgan fingerprint density at radius 3 is 2.93 bits per heavy atom. The molecule has 0 saturated carbocycles. The number of unbranched alkanes of at least 4 members (excludes halogenated alkanes) is 1. The summed E-state index contributed by atoms with van der Waals surface area (Å²) in [4.78, 5) is 0. The van der Waals surface area contributed by atoms with Crippen molar-refractivity contribution in [1.29, 1.82) is 0 Å². The Hall–Kier alpha value is -0.540. The van der Waals surface area contributed by atoms with Crippen molar-refractivity contribution in [3.63, 3.8) is 0 Å². The molecule has 1 aromatic rings. The van der Waals surface area contributed by atoms with E-state index >= 15 is 0 Å². The summed E-state index contributed by atoms with van der Waals surface area (Å²) in [6.07, 6.45) is 5.21.